The van der Waals surface area contributed by atoms with Gasteiger partial charge in [-0.15, -0.1) is 0 Å². The number of carbonyl (C=O) groups is 2. The molecule has 1 N–H and O–H groups in total. The van der Waals surface area contributed by atoms with E-state index in [1.165, 1.54) is 33.5 Å². The first-order valence-corrected chi connectivity index (χ1v) is 8.96. The van der Waals surface area contributed by atoms with Crippen molar-refractivity contribution < 1.29 is 28.5 Å². The van der Waals surface area contributed by atoms with Crippen LogP contribution in [0.4, 0.5) is 5.69 Å². The number of benzene rings is 2. The molecule has 154 valence electrons. The van der Waals surface area contributed by atoms with Crippen molar-refractivity contribution in [2.24, 2.45) is 0 Å². The first-order valence-electron chi connectivity index (χ1n) is 8.58. The van der Waals surface area contributed by atoms with E-state index in [-0.39, 0.29) is 0 Å². The van der Waals surface area contributed by atoms with E-state index in [1.807, 2.05) is 6.92 Å². The highest BCUT2D eigenvalue weighted by molar-refractivity contribution is 6.31. The molecular formula is C21H22ClNO6. The largest absolute Gasteiger partial charge is 0.493 e. The van der Waals surface area contributed by atoms with E-state index in [4.69, 9.17) is 30.5 Å². The number of nitrogens with one attached hydrogen (secondary N) is 1. The highest BCUT2D eigenvalue weighted by Crippen LogP contribution is 2.38. The third kappa shape index (κ3) is 6.15. The predicted molar refractivity (Wildman–Crippen MR) is 111 cm³/mol. The summed E-state index contributed by atoms with van der Waals surface area (Å²) in [5, 5.41) is 3.15. The monoisotopic (exact) mass is 419 g/mol. The van der Waals surface area contributed by atoms with Gasteiger partial charge in [0.1, 0.15) is 0 Å². The zero-order chi connectivity index (χ0) is 21.4. The molecule has 0 aliphatic rings. The molecule has 0 atom stereocenters. The Balaban J connectivity index is 1.97. The molecule has 0 aliphatic heterocycles. The third-order valence-electron chi connectivity index (χ3n) is 3.92. The summed E-state index contributed by atoms with van der Waals surface area (Å²) in [5.74, 6) is 0.219. The summed E-state index contributed by atoms with van der Waals surface area (Å²) in [7, 11) is 4.50. The van der Waals surface area contributed by atoms with Crippen LogP contribution in [0.15, 0.2) is 36.4 Å². The van der Waals surface area contributed by atoms with Crippen molar-refractivity contribution in [3.8, 4) is 17.2 Å². The molecule has 0 aliphatic carbocycles. The van der Waals surface area contributed by atoms with E-state index in [1.54, 1.807) is 30.3 Å². The Morgan fingerprint density at radius 3 is 2.28 bits per heavy atom. The predicted octanol–water partition coefficient (Wildman–Crippen LogP) is 3.87. The van der Waals surface area contributed by atoms with Crippen LogP contribution in [0, 0.1) is 6.92 Å². The topological polar surface area (TPSA) is 83.1 Å². The zero-order valence-corrected chi connectivity index (χ0v) is 17.3. The first kappa shape index (κ1) is 22.1. The van der Waals surface area contributed by atoms with Gasteiger partial charge in [0, 0.05) is 16.8 Å². The number of ether oxygens (including phenoxy) is 4. The molecule has 0 aromatic heterocycles. The van der Waals surface area contributed by atoms with Crippen molar-refractivity contribution in [1.82, 2.24) is 0 Å². The van der Waals surface area contributed by atoms with Crippen LogP contribution in [-0.2, 0) is 14.3 Å². The summed E-state index contributed by atoms with van der Waals surface area (Å²) in [5.41, 5.74) is 2.04. The lowest BCUT2D eigenvalue weighted by Crippen LogP contribution is -2.20. The number of halogens is 1. The minimum Gasteiger partial charge on any atom is -0.493 e. The first-order chi connectivity index (χ1) is 13.9. The van der Waals surface area contributed by atoms with Gasteiger partial charge in [-0.3, -0.25) is 4.79 Å². The number of esters is 1. The fourth-order valence-electron chi connectivity index (χ4n) is 2.46. The molecule has 7 nitrogen and oxygen atoms in total. The van der Waals surface area contributed by atoms with Gasteiger partial charge in [-0.05, 0) is 48.4 Å². The van der Waals surface area contributed by atoms with E-state index in [9.17, 15) is 9.59 Å². The van der Waals surface area contributed by atoms with Crippen molar-refractivity contribution in [3.63, 3.8) is 0 Å². The molecule has 2 rings (SSSR count). The quantitative estimate of drug-likeness (QED) is 0.516. The van der Waals surface area contributed by atoms with Gasteiger partial charge < -0.3 is 24.3 Å². The Hall–Kier alpha value is -3.19. The molecule has 0 bridgehead atoms. The molecule has 0 fully saturated rings. The van der Waals surface area contributed by atoms with Gasteiger partial charge in [0.05, 0.1) is 21.3 Å². The second-order valence-electron chi connectivity index (χ2n) is 5.91. The van der Waals surface area contributed by atoms with Crippen LogP contribution in [0.25, 0.3) is 6.08 Å². The van der Waals surface area contributed by atoms with E-state index in [0.717, 1.165) is 5.56 Å². The molecule has 0 heterocycles. The minimum atomic E-state index is -0.670. The molecule has 0 saturated heterocycles. The second-order valence-corrected chi connectivity index (χ2v) is 6.34. The maximum absolute atomic E-state index is 12.0. The van der Waals surface area contributed by atoms with Gasteiger partial charge in [-0.2, -0.15) is 0 Å². The third-order valence-corrected chi connectivity index (χ3v) is 4.15. The van der Waals surface area contributed by atoms with Gasteiger partial charge in [-0.25, -0.2) is 4.79 Å². The molecule has 2 aromatic carbocycles. The molecule has 29 heavy (non-hydrogen) atoms. The van der Waals surface area contributed by atoms with E-state index < -0.39 is 18.5 Å². The number of aryl methyl sites for hydroxylation is 1. The van der Waals surface area contributed by atoms with Crippen LogP contribution >= 0.6 is 11.6 Å². The van der Waals surface area contributed by atoms with Crippen LogP contribution in [0.5, 0.6) is 17.2 Å². The summed E-state index contributed by atoms with van der Waals surface area (Å²) in [6.07, 6.45) is 2.73. The number of carbonyl (C=O) groups excluding carboxylic acids is 2. The van der Waals surface area contributed by atoms with Crippen LogP contribution in [0.3, 0.4) is 0 Å². The Labute approximate surface area is 174 Å². The van der Waals surface area contributed by atoms with Crippen molar-refractivity contribution in [2.45, 2.75) is 6.92 Å². The number of anilines is 1. The average Bonchev–Trinajstić information content (AvgIpc) is 2.72. The summed E-state index contributed by atoms with van der Waals surface area (Å²) in [6, 6.07) is 8.49. The highest BCUT2D eigenvalue weighted by Gasteiger charge is 2.12. The molecule has 0 saturated carbocycles. The number of rotatable bonds is 8. The number of hydrogen-bond donors (Lipinski definition) is 1. The van der Waals surface area contributed by atoms with Gasteiger partial charge in [0.25, 0.3) is 5.91 Å². The van der Waals surface area contributed by atoms with Gasteiger partial charge in [-0.1, -0.05) is 17.7 Å². The molecule has 1 amide bonds. The molecule has 0 radical (unpaired) electrons. The minimum absolute atomic E-state index is 0.426. The molecule has 0 spiro atoms. The SMILES string of the molecule is COc1cc(C=CC(=O)OCC(=O)Nc2cc(Cl)ccc2C)cc(OC)c1OC. The normalized spacial score (nSPS) is 10.5. The number of hydrogen-bond acceptors (Lipinski definition) is 6. The van der Waals surface area contributed by atoms with E-state index >= 15 is 0 Å². The maximum Gasteiger partial charge on any atom is 0.331 e. The molecule has 8 heteroatoms. The molecular weight excluding hydrogens is 398 g/mol. The number of amides is 1. The Kier molecular flexibility index (Phi) is 7.91. The summed E-state index contributed by atoms with van der Waals surface area (Å²) in [4.78, 5) is 23.9. The van der Waals surface area contributed by atoms with Crippen molar-refractivity contribution in [2.75, 3.05) is 33.3 Å². The standard InChI is InChI=1S/C21H22ClNO6/c1-13-5-7-15(22)11-16(13)23-19(24)12-29-20(25)8-6-14-9-17(26-2)21(28-4)18(10-14)27-3/h5-11H,12H2,1-4H3,(H,23,24). The van der Waals surface area contributed by atoms with Crippen LogP contribution in [0.1, 0.15) is 11.1 Å². The van der Waals surface area contributed by atoms with Gasteiger partial charge in [0.15, 0.2) is 18.1 Å². The lowest BCUT2D eigenvalue weighted by Gasteiger charge is -2.12. The zero-order valence-electron chi connectivity index (χ0n) is 16.6. The summed E-state index contributed by atoms with van der Waals surface area (Å²) in [6.45, 7) is 1.41. The van der Waals surface area contributed by atoms with Crippen molar-refractivity contribution in [3.05, 3.63) is 52.6 Å². The van der Waals surface area contributed by atoms with Gasteiger partial charge in [0.2, 0.25) is 5.75 Å². The van der Waals surface area contributed by atoms with E-state index in [2.05, 4.69) is 5.32 Å². The second kappa shape index (κ2) is 10.4. The summed E-state index contributed by atoms with van der Waals surface area (Å²) < 4.78 is 20.7. The average molecular weight is 420 g/mol. The lowest BCUT2D eigenvalue weighted by molar-refractivity contribution is -0.142. The van der Waals surface area contributed by atoms with Crippen LogP contribution < -0.4 is 19.5 Å². The van der Waals surface area contributed by atoms with Crippen molar-refractivity contribution >= 4 is 35.2 Å². The lowest BCUT2D eigenvalue weighted by atomic mass is 10.1. The van der Waals surface area contributed by atoms with E-state index in [0.29, 0.717) is 33.5 Å². The van der Waals surface area contributed by atoms with Crippen molar-refractivity contribution in [1.29, 1.82) is 0 Å². The fraction of sp³-hybridized carbons (Fsp3) is 0.238. The highest BCUT2D eigenvalue weighted by atomic mass is 35.5. The summed E-state index contributed by atoms with van der Waals surface area (Å²) >= 11 is 5.92. The smallest absolute Gasteiger partial charge is 0.331 e. The fourth-order valence-corrected chi connectivity index (χ4v) is 2.63. The molecule has 2 aromatic rings. The number of methoxy groups -OCH3 is 3. The van der Waals surface area contributed by atoms with Crippen LogP contribution in [-0.4, -0.2) is 39.8 Å². The molecule has 0 unspecified atom stereocenters. The van der Waals surface area contributed by atoms with Gasteiger partial charge >= 0.3 is 5.97 Å². The van der Waals surface area contributed by atoms with Crippen LogP contribution in [0.2, 0.25) is 5.02 Å². The maximum atomic E-state index is 12.0. The Bertz CT molecular complexity index is 900. The Morgan fingerprint density at radius 1 is 1.03 bits per heavy atom. The Morgan fingerprint density at radius 2 is 1.69 bits per heavy atom.